The highest BCUT2D eigenvalue weighted by Gasteiger charge is 2.44. The van der Waals surface area contributed by atoms with Crippen LogP contribution in [0.3, 0.4) is 0 Å². The summed E-state index contributed by atoms with van der Waals surface area (Å²) in [6.07, 6.45) is 1.10. The number of fused-ring (bicyclic) bond motifs is 1. The molecule has 3 heterocycles. The third-order valence-electron chi connectivity index (χ3n) is 3.49. The molecule has 0 radical (unpaired) electrons. The number of ether oxygens (including phenoxy) is 2. The SMILES string of the molecule is C=C1C[C@](CO)(OC)O[C@H]1n1cnc2c(=O)[nH]c(N)nc21. The van der Waals surface area contributed by atoms with Crippen molar-refractivity contribution in [2.45, 2.75) is 18.4 Å². The van der Waals surface area contributed by atoms with Crippen LogP contribution < -0.4 is 11.3 Å². The van der Waals surface area contributed by atoms with Gasteiger partial charge in [-0.05, 0) is 5.57 Å². The fourth-order valence-corrected chi connectivity index (χ4v) is 2.41. The lowest BCUT2D eigenvalue weighted by atomic mass is 10.1. The molecule has 1 aliphatic heterocycles. The number of nitrogens with two attached hydrogens (primary N) is 1. The number of hydrogen-bond acceptors (Lipinski definition) is 7. The minimum Gasteiger partial charge on any atom is -0.391 e. The molecule has 0 amide bonds. The van der Waals surface area contributed by atoms with Gasteiger partial charge in [-0.25, -0.2) is 4.98 Å². The fraction of sp³-hybridized carbons (Fsp3) is 0.417. The van der Waals surface area contributed by atoms with Gasteiger partial charge in [0.2, 0.25) is 5.95 Å². The molecule has 2 atom stereocenters. The smallest absolute Gasteiger partial charge is 0.280 e. The molecule has 0 saturated carbocycles. The van der Waals surface area contributed by atoms with E-state index in [-0.39, 0.29) is 23.7 Å². The van der Waals surface area contributed by atoms with Crippen LogP contribution in [0.15, 0.2) is 23.3 Å². The van der Waals surface area contributed by atoms with Gasteiger partial charge in [0.25, 0.3) is 5.56 Å². The Labute approximate surface area is 119 Å². The summed E-state index contributed by atoms with van der Waals surface area (Å²) in [5, 5.41) is 9.44. The lowest BCUT2D eigenvalue weighted by Gasteiger charge is -2.25. The maximum atomic E-state index is 11.8. The van der Waals surface area contributed by atoms with Gasteiger partial charge in [0.1, 0.15) is 0 Å². The third-order valence-corrected chi connectivity index (χ3v) is 3.49. The standard InChI is InChI=1S/C12H15N5O4/c1-6-3-12(4-18,20-2)21-10(6)17-5-14-7-8(17)15-11(13)16-9(7)19/h5,10,18H,1,3-4H2,2H3,(H3,13,15,16,19)/t10-,12+/m1/s1. The average molecular weight is 293 g/mol. The zero-order valence-corrected chi connectivity index (χ0v) is 11.4. The van der Waals surface area contributed by atoms with Crippen LogP contribution >= 0.6 is 0 Å². The number of aromatic amines is 1. The first kappa shape index (κ1) is 13.7. The molecule has 2 aromatic heterocycles. The Balaban J connectivity index is 2.10. The number of aliphatic hydroxyl groups excluding tert-OH is 1. The molecular formula is C12H15N5O4. The van der Waals surface area contributed by atoms with Gasteiger partial charge in [0, 0.05) is 13.5 Å². The Morgan fingerprint density at radius 2 is 2.52 bits per heavy atom. The van der Waals surface area contributed by atoms with Gasteiger partial charge in [-0.2, -0.15) is 4.98 Å². The Hall–Kier alpha value is -2.23. The predicted octanol–water partition coefficient (Wildman–Crippen LogP) is -0.488. The molecule has 0 unspecified atom stereocenters. The Morgan fingerprint density at radius 1 is 1.76 bits per heavy atom. The van der Waals surface area contributed by atoms with Crippen molar-refractivity contribution in [3.63, 3.8) is 0 Å². The molecule has 1 aliphatic rings. The molecule has 9 nitrogen and oxygen atoms in total. The van der Waals surface area contributed by atoms with Crippen molar-refractivity contribution in [1.82, 2.24) is 19.5 Å². The number of anilines is 1. The van der Waals surface area contributed by atoms with E-state index in [9.17, 15) is 9.90 Å². The van der Waals surface area contributed by atoms with E-state index in [4.69, 9.17) is 15.2 Å². The molecule has 1 fully saturated rings. The molecule has 4 N–H and O–H groups in total. The molecule has 0 aliphatic carbocycles. The topological polar surface area (TPSA) is 128 Å². The highest BCUT2D eigenvalue weighted by atomic mass is 16.7. The third kappa shape index (κ3) is 2.02. The van der Waals surface area contributed by atoms with Gasteiger partial charge in [0.15, 0.2) is 23.2 Å². The molecule has 2 aromatic rings. The molecular weight excluding hydrogens is 278 g/mol. The zero-order chi connectivity index (χ0) is 15.2. The maximum absolute atomic E-state index is 11.8. The normalized spacial score (nSPS) is 25.8. The Kier molecular flexibility index (Phi) is 3.04. The molecule has 0 spiro atoms. The zero-order valence-electron chi connectivity index (χ0n) is 11.4. The van der Waals surface area contributed by atoms with Crippen LogP contribution in [-0.2, 0) is 9.47 Å². The van der Waals surface area contributed by atoms with E-state index in [0.29, 0.717) is 12.0 Å². The summed E-state index contributed by atoms with van der Waals surface area (Å²) in [6, 6.07) is 0. The van der Waals surface area contributed by atoms with E-state index >= 15 is 0 Å². The number of nitrogens with one attached hydrogen (secondary N) is 1. The number of aliphatic hydroxyl groups is 1. The number of aromatic nitrogens is 4. The van der Waals surface area contributed by atoms with E-state index in [1.165, 1.54) is 13.4 Å². The number of methoxy groups -OCH3 is 1. The second-order valence-corrected chi connectivity index (χ2v) is 4.85. The molecule has 9 heteroatoms. The molecule has 0 bridgehead atoms. The molecule has 3 rings (SSSR count). The second kappa shape index (κ2) is 4.65. The number of imidazole rings is 1. The summed E-state index contributed by atoms with van der Waals surface area (Å²) in [5.41, 5.74) is 6.23. The number of nitrogen functional groups attached to an aromatic ring is 1. The fourth-order valence-electron chi connectivity index (χ4n) is 2.41. The number of nitrogens with zero attached hydrogens (tertiary/aromatic N) is 3. The first-order chi connectivity index (χ1) is 9.99. The van der Waals surface area contributed by atoms with E-state index in [0.717, 1.165) is 0 Å². The van der Waals surface area contributed by atoms with Crippen LogP contribution in [0, 0.1) is 0 Å². The summed E-state index contributed by atoms with van der Waals surface area (Å²) in [6.45, 7) is 3.61. The van der Waals surface area contributed by atoms with Crippen molar-refractivity contribution in [2.24, 2.45) is 0 Å². The minimum absolute atomic E-state index is 0.0157. The lowest BCUT2D eigenvalue weighted by molar-refractivity contribution is -0.241. The predicted molar refractivity (Wildman–Crippen MR) is 73.3 cm³/mol. The lowest BCUT2D eigenvalue weighted by Crippen LogP contribution is -2.35. The summed E-state index contributed by atoms with van der Waals surface area (Å²) in [4.78, 5) is 22.2. The van der Waals surface area contributed by atoms with Crippen molar-refractivity contribution >= 4 is 17.1 Å². The Morgan fingerprint density at radius 3 is 3.14 bits per heavy atom. The highest BCUT2D eigenvalue weighted by Crippen LogP contribution is 2.40. The van der Waals surface area contributed by atoms with E-state index in [1.807, 2.05) is 0 Å². The van der Waals surface area contributed by atoms with Gasteiger partial charge < -0.3 is 20.3 Å². The number of rotatable bonds is 3. The van der Waals surface area contributed by atoms with Gasteiger partial charge in [-0.15, -0.1) is 0 Å². The van der Waals surface area contributed by atoms with Crippen molar-refractivity contribution in [2.75, 3.05) is 19.5 Å². The van der Waals surface area contributed by atoms with Crippen LogP contribution in [0.1, 0.15) is 12.6 Å². The highest BCUT2D eigenvalue weighted by molar-refractivity contribution is 5.70. The molecule has 0 aromatic carbocycles. The number of H-pyrrole nitrogens is 1. The summed E-state index contributed by atoms with van der Waals surface area (Å²) in [5.74, 6) is -1.16. The maximum Gasteiger partial charge on any atom is 0.280 e. The Bertz CT molecular complexity index is 761. The summed E-state index contributed by atoms with van der Waals surface area (Å²) >= 11 is 0. The summed E-state index contributed by atoms with van der Waals surface area (Å²) < 4.78 is 12.5. The van der Waals surface area contributed by atoms with Crippen molar-refractivity contribution in [1.29, 1.82) is 0 Å². The van der Waals surface area contributed by atoms with Crippen LogP contribution in [-0.4, -0.2) is 44.1 Å². The van der Waals surface area contributed by atoms with Gasteiger partial charge in [-0.1, -0.05) is 6.58 Å². The molecule has 1 saturated heterocycles. The van der Waals surface area contributed by atoms with Crippen molar-refractivity contribution < 1.29 is 14.6 Å². The largest absolute Gasteiger partial charge is 0.391 e. The van der Waals surface area contributed by atoms with Crippen molar-refractivity contribution in [3.8, 4) is 0 Å². The number of hydrogen-bond donors (Lipinski definition) is 3. The average Bonchev–Trinajstić information content (AvgIpc) is 3.00. The van der Waals surface area contributed by atoms with Gasteiger partial charge >= 0.3 is 0 Å². The van der Waals surface area contributed by atoms with E-state index in [1.54, 1.807) is 4.57 Å². The first-order valence-corrected chi connectivity index (χ1v) is 6.23. The second-order valence-electron chi connectivity index (χ2n) is 4.85. The van der Waals surface area contributed by atoms with Crippen molar-refractivity contribution in [3.05, 3.63) is 28.8 Å². The van der Waals surface area contributed by atoms with E-state index in [2.05, 4.69) is 21.5 Å². The van der Waals surface area contributed by atoms with Gasteiger partial charge in [-0.3, -0.25) is 14.3 Å². The van der Waals surface area contributed by atoms with Crippen LogP contribution in [0.5, 0.6) is 0 Å². The quantitative estimate of drug-likeness (QED) is 0.651. The molecule has 21 heavy (non-hydrogen) atoms. The minimum atomic E-state index is -1.15. The van der Waals surface area contributed by atoms with Crippen LogP contribution in [0.25, 0.3) is 11.2 Å². The van der Waals surface area contributed by atoms with Gasteiger partial charge in [0.05, 0.1) is 12.9 Å². The first-order valence-electron chi connectivity index (χ1n) is 6.23. The monoisotopic (exact) mass is 293 g/mol. The summed E-state index contributed by atoms with van der Waals surface area (Å²) in [7, 11) is 1.44. The molecule has 112 valence electrons. The van der Waals surface area contributed by atoms with Crippen LogP contribution in [0.2, 0.25) is 0 Å². The van der Waals surface area contributed by atoms with Crippen LogP contribution in [0.4, 0.5) is 5.95 Å². The van der Waals surface area contributed by atoms with E-state index < -0.39 is 17.6 Å².